The van der Waals surface area contributed by atoms with Crippen LogP contribution in [0.2, 0.25) is 0 Å². The summed E-state index contributed by atoms with van der Waals surface area (Å²) in [6.07, 6.45) is -0.0255. The van der Waals surface area contributed by atoms with Gasteiger partial charge in [0.05, 0.1) is 35.9 Å². The smallest absolute Gasteiger partial charge is 0.307 e. The first-order valence-electron chi connectivity index (χ1n) is 11.9. The van der Waals surface area contributed by atoms with Crippen molar-refractivity contribution < 1.29 is 19.1 Å². The molecule has 7 nitrogen and oxygen atoms in total. The van der Waals surface area contributed by atoms with Crippen molar-refractivity contribution in [1.29, 1.82) is 5.26 Å². The van der Waals surface area contributed by atoms with Gasteiger partial charge in [-0.3, -0.25) is 19.3 Å². The van der Waals surface area contributed by atoms with E-state index < -0.39 is 12.0 Å². The van der Waals surface area contributed by atoms with Gasteiger partial charge in [0.15, 0.2) is 0 Å². The molecular weight excluding hydrogens is 466 g/mol. The summed E-state index contributed by atoms with van der Waals surface area (Å²) in [7, 11) is 0. The zero-order valence-electron chi connectivity index (χ0n) is 20.6. The van der Waals surface area contributed by atoms with Gasteiger partial charge in [0.1, 0.15) is 6.54 Å². The second-order valence-corrected chi connectivity index (χ2v) is 8.53. The SMILES string of the molecule is CCOC(=O)CC(C)N1CC(=O)N(c2ccccc2)c2ccc(C#Cc3cccc(C#N)c3)cc2C1=O. The molecule has 37 heavy (non-hydrogen) atoms. The highest BCUT2D eigenvalue weighted by Crippen LogP contribution is 2.33. The van der Waals surface area contributed by atoms with Gasteiger partial charge in [-0.05, 0) is 62.4 Å². The first kappa shape index (κ1) is 25.2. The number of rotatable bonds is 5. The van der Waals surface area contributed by atoms with Gasteiger partial charge >= 0.3 is 5.97 Å². The lowest BCUT2D eigenvalue weighted by molar-refractivity contribution is -0.144. The summed E-state index contributed by atoms with van der Waals surface area (Å²) in [5, 5.41) is 9.13. The van der Waals surface area contributed by atoms with Gasteiger partial charge in [-0.25, -0.2) is 0 Å². The number of anilines is 2. The molecule has 0 bridgehead atoms. The summed E-state index contributed by atoms with van der Waals surface area (Å²) in [6, 6.07) is 22.7. The average molecular weight is 492 g/mol. The van der Waals surface area contributed by atoms with Gasteiger partial charge in [0.2, 0.25) is 0 Å². The number of benzene rings is 3. The highest BCUT2D eigenvalue weighted by molar-refractivity contribution is 6.13. The van der Waals surface area contributed by atoms with E-state index in [4.69, 9.17) is 10.00 Å². The van der Waals surface area contributed by atoms with Crippen molar-refractivity contribution in [2.75, 3.05) is 18.1 Å². The van der Waals surface area contributed by atoms with Gasteiger partial charge in [-0.1, -0.05) is 36.1 Å². The lowest BCUT2D eigenvalue weighted by atomic mass is 10.0. The molecule has 1 aliphatic rings. The number of fused-ring (bicyclic) bond motifs is 1. The number of nitrogens with zero attached hydrogens (tertiary/aromatic N) is 3. The fraction of sp³-hybridized carbons (Fsp3) is 0.200. The van der Waals surface area contributed by atoms with E-state index in [2.05, 4.69) is 17.9 Å². The monoisotopic (exact) mass is 491 g/mol. The topological polar surface area (TPSA) is 90.7 Å². The van der Waals surface area contributed by atoms with Crippen molar-refractivity contribution in [2.45, 2.75) is 26.3 Å². The molecule has 0 aliphatic carbocycles. The Hall–Kier alpha value is -4.88. The zero-order chi connectivity index (χ0) is 26.4. The van der Waals surface area contributed by atoms with E-state index in [1.807, 2.05) is 18.2 Å². The third-order valence-electron chi connectivity index (χ3n) is 5.94. The Morgan fingerprint density at radius 2 is 1.68 bits per heavy atom. The Morgan fingerprint density at radius 3 is 2.38 bits per heavy atom. The maximum absolute atomic E-state index is 13.8. The number of esters is 1. The summed E-state index contributed by atoms with van der Waals surface area (Å²) in [4.78, 5) is 42.3. The fourth-order valence-electron chi connectivity index (χ4n) is 4.16. The Kier molecular flexibility index (Phi) is 7.66. The van der Waals surface area contributed by atoms with Crippen LogP contribution < -0.4 is 4.90 Å². The third kappa shape index (κ3) is 5.69. The van der Waals surface area contributed by atoms with Crippen LogP contribution in [0.3, 0.4) is 0 Å². The molecule has 0 saturated heterocycles. The van der Waals surface area contributed by atoms with E-state index in [9.17, 15) is 14.4 Å². The summed E-state index contributed by atoms with van der Waals surface area (Å²) in [5.74, 6) is 5.00. The largest absolute Gasteiger partial charge is 0.466 e. The van der Waals surface area contributed by atoms with Gasteiger partial charge in [0, 0.05) is 22.9 Å². The van der Waals surface area contributed by atoms with E-state index in [-0.39, 0.29) is 31.4 Å². The second-order valence-electron chi connectivity index (χ2n) is 8.53. The summed E-state index contributed by atoms with van der Waals surface area (Å²) in [5.41, 5.74) is 3.15. The van der Waals surface area contributed by atoms with Crippen LogP contribution in [0.15, 0.2) is 72.8 Å². The molecule has 1 aliphatic heterocycles. The number of nitriles is 1. The van der Waals surface area contributed by atoms with E-state index in [0.717, 1.165) is 0 Å². The van der Waals surface area contributed by atoms with Crippen LogP contribution in [0.4, 0.5) is 11.4 Å². The number of carbonyl (C=O) groups is 3. The Labute approximate surface area is 215 Å². The second kappa shape index (κ2) is 11.2. The average Bonchev–Trinajstić information content (AvgIpc) is 3.02. The normalized spacial score (nSPS) is 13.5. The van der Waals surface area contributed by atoms with Crippen LogP contribution in [0.25, 0.3) is 0 Å². The molecule has 0 aromatic heterocycles. The van der Waals surface area contributed by atoms with Crippen LogP contribution in [0, 0.1) is 23.2 Å². The van der Waals surface area contributed by atoms with Crippen LogP contribution >= 0.6 is 0 Å². The van der Waals surface area contributed by atoms with Crippen molar-refractivity contribution in [3.8, 4) is 17.9 Å². The molecule has 184 valence electrons. The maximum atomic E-state index is 13.8. The predicted octanol–water partition coefficient (Wildman–Crippen LogP) is 4.42. The summed E-state index contributed by atoms with van der Waals surface area (Å²) < 4.78 is 5.06. The summed E-state index contributed by atoms with van der Waals surface area (Å²) >= 11 is 0. The van der Waals surface area contributed by atoms with Gasteiger partial charge < -0.3 is 9.64 Å². The van der Waals surface area contributed by atoms with Crippen molar-refractivity contribution in [3.05, 3.63) is 95.1 Å². The quantitative estimate of drug-likeness (QED) is 0.389. The molecule has 3 aromatic carbocycles. The van der Waals surface area contributed by atoms with E-state index in [1.54, 1.807) is 68.4 Å². The van der Waals surface area contributed by atoms with Crippen LogP contribution in [0.5, 0.6) is 0 Å². The standard InChI is InChI=1S/C30H25N3O4/c1-3-37-29(35)16-21(2)32-20-28(34)33(25-10-5-4-6-11-25)27-15-14-23(18-26(27)30(32)36)13-12-22-8-7-9-24(17-22)19-31/h4-11,14-15,17-18,21H,3,16,20H2,1-2H3. The fourth-order valence-corrected chi connectivity index (χ4v) is 4.16. The minimum absolute atomic E-state index is 0.0255. The molecule has 4 rings (SSSR count). The molecule has 0 fully saturated rings. The molecule has 1 heterocycles. The minimum atomic E-state index is -0.553. The van der Waals surface area contributed by atoms with Crippen molar-refractivity contribution >= 4 is 29.2 Å². The van der Waals surface area contributed by atoms with Gasteiger partial charge in [-0.15, -0.1) is 0 Å². The lowest BCUT2D eigenvalue weighted by Crippen LogP contribution is -2.43. The predicted molar refractivity (Wildman–Crippen MR) is 139 cm³/mol. The number of carbonyl (C=O) groups excluding carboxylic acids is 3. The van der Waals surface area contributed by atoms with Crippen LogP contribution in [-0.2, 0) is 14.3 Å². The maximum Gasteiger partial charge on any atom is 0.307 e. The Bertz CT molecular complexity index is 1450. The molecule has 1 atom stereocenters. The zero-order valence-corrected chi connectivity index (χ0v) is 20.6. The van der Waals surface area contributed by atoms with Gasteiger partial charge in [-0.2, -0.15) is 5.26 Å². The van der Waals surface area contributed by atoms with Crippen LogP contribution in [-0.4, -0.2) is 41.9 Å². The molecule has 7 heteroatoms. The van der Waals surface area contributed by atoms with E-state index in [1.165, 1.54) is 9.80 Å². The molecular formula is C30H25N3O4. The number of para-hydroxylation sites is 1. The highest BCUT2D eigenvalue weighted by Gasteiger charge is 2.35. The molecule has 3 aromatic rings. The molecule has 0 saturated carbocycles. The number of ether oxygens (including phenoxy) is 1. The first-order chi connectivity index (χ1) is 17.9. The molecule has 2 amide bonds. The first-order valence-corrected chi connectivity index (χ1v) is 11.9. The molecule has 0 N–H and O–H groups in total. The summed E-state index contributed by atoms with van der Waals surface area (Å²) in [6.45, 7) is 3.50. The van der Waals surface area contributed by atoms with Crippen molar-refractivity contribution in [1.82, 2.24) is 4.90 Å². The van der Waals surface area contributed by atoms with E-state index >= 15 is 0 Å². The number of amides is 2. The Balaban J connectivity index is 1.77. The molecule has 0 spiro atoms. The molecule has 0 radical (unpaired) electrons. The Morgan fingerprint density at radius 1 is 0.973 bits per heavy atom. The van der Waals surface area contributed by atoms with Crippen LogP contribution in [0.1, 0.15) is 47.3 Å². The number of hydrogen-bond donors (Lipinski definition) is 0. The van der Waals surface area contributed by atoms with E-state index in [0.29, 0.717) is 33.6 Å². The molecule has 1 unspecified atom stereocenters. The minimum Gasteiger partial charge on any atom is -0.466 e. The van der Waals surface area contributed by atoms with Gasteiger partial charge in [0.25, 0.3) is 11.8 Å². The van der Waals surface area contributed by atoms with Crippen molar-refractivity contribution in [3.63, 3.8) is 0 Å². The third-order valence-corrected chi connectivity index (χ3v) is 5.94. The lowest BCUT2D eigenvalue weighted by Gasteiger charge is -2.27. The highest BCUT2D eigenvalue weighted by atomic mass is 16.5. The number of hydrogen-bond acceptors (Lipinski definition) is 5. The van der Waals surface area contributed by atoms with Crippen molar-refractivity contribution in [2.24, 2.45) is 0 Å².